The summed E-state index contributed by atoms with van der Waals surface area (Å²) >= 11 is 5.73. The van der Waals surface area contributed by atoms with Crippen molar-refractivity contribution >= 4 is 21.6 Å². The van der Waals surface area contributed by atoms with Crippen molar-refractivity contribution in [3.63, 3.8) is 0 Å². The van der Waals surface area contributed by atoms with Crippen molar-refractivity contribution in [3.8, 4) is 0 Å². The Morgan fingerprint density at radius 3 is 2.83 bits per heavy atom. The molecule has 1 saturated heterocycles. The molecule has 0 aromatic carbocycles. The minimum absolute atomic E-state index is 0.0953. The van der Waals surface area contributed by atoms with E-state index in [-0.39, 0.29) is 22.2 Å². The lowest BCUT2D eigenvalue weighted by Gasteiger charge is -2.25. The fourth-order valence-electron chi connectivity index (χ4n) is 2.09. The van der Waals surface area contributed by atoms with Crippen LogP contribution in [0.15, 0.2) is 23.2 Å². The van der Waals surface area contributed by atoms with Gasteiger partial charge in [-0.2, -0.15) is 4.31 Å². The average Bonchev–Trinajstić information content (AvgIpc) is 2.74. The molecule has 7 heteroatoms. The van der Waals surface area contributed by atoms with Gasteiger partial charge in [-0.1, -0.05) is 11.6 Å². The van der Waals surface area contributed by atoms with Crippen LogP contribution in [0.5, 0.6) is 0 Å². The Morgan fingerprint density at radius 2 is 2.28 bits per heavy atom. The van der Waals surface area contributed by atoms with Gasteiger partial charge in [0.25, 0.3) is 0 Å². The van der Waals surface area contributed by atoms with E-state index in [2.05, 4.69) is 4.98 Å². The van der Waals surface area contributed by atoms with Crippen molar-refractivity contribution in [2.24, 2.45) is 0 Å². The number of pyridine rings is 1. The molecule has 0 bridgehead atoms. The Bertz CT molecular complexity index is 535. The van der Waals surface area contributed by atoms with Crippen molar-refractivity contribution in [2.75, 3.05) is 13.7 Å². The standard InChI is InChI=1S/C11H15ClN2O3S/c1-8-10(4-6-17-8)14(2)18(15,16)9-3-5-13-11(12)7-9/h3,5,7-8,10H,4,6H2,1-2H3. The zero-order chi connectivity index (χ0) is 13.3. The van der Waals surface area contributed by atoms with Crippen LogP contribution in [0.3, 0.4) is 0 Å². The quantitative estimate of drug-likeness (QED) is 0.792. The molecular formula is C11H15ClN2O3S. The van der Waals surface area contributed by atoms with Crippen LogP contribution in [-0.4, -0.2) is 43.5 Å². The number of likely N-dealkylation sites (N-methyl/N-ethyl adjacent to an activating group) is 1. The smallest absolute Gasteiger partial charge is 0.243 e. The van der Waals surface area contributed by atoms with Crippen LogP contribution in [0.1, 0.15) is 13.3 Å². The average molecular weight is 291 g/mol. The first-order valence-corrected chi connectivity index (χ1v) is 7.46. The molecule has 2 rings (SSSR count). The molecule has 2 heterocycles. The molecule has 1 fully saturated rings. The van der Waals surface area contributed by atoms with E-state index in [4.69, 9.17) is 16.3 Å². The van der Waals surface area contributed by atoms with E-state index < -0.39 is 10.0 Å². The highest BCUT2D eigenvalue weighted by Gasteiger charge is 2.35. The molecule has 1 aliphatic heterocycles. The molecule has 1 aliphatic rings. The molecule has 18 heavy (non-hydrogen) atoms. The second-order valence-electron chi connectivity index (χ2n) is 4.27. The van der Waals surface area contributed by atoms with Crippen molar-refractivity contribution in [1.29, 1.82) is 0 Å². The van der Waals surface area contributed by atoms with Gasteiger partial charge in [0.1, 0.15) is 5.15 Å². The molecule has 1 aromatic rings. The van der Waals surface area contributed by atoms with E-state index in [1.807, 2.05) is 6.92 Å². The minimum Gasteiger partial charge on any atom is -0.377 e. The third-order valence-corrected chi connectivity index (χ3v) is 5.26. The number of rotatable bonds is 3. The molecule has 1 aromatic heterocycles. The second-order valence-corrected chi connectivity index (χ2v) is 6.65. The van der Waals surface area contributed by atoms with Crippen molar-refractivity contribution in [1.82, 2.24) is 9.29 Å². The Balaban J connectivity index is 2.31. The van der Waals surface area contributed by atoms with Crippen molar-refractivity contribution < 1.29 is 13.2 Å². The Morgan fingerprint density at radius 1 is 1.56 bits per heavy atom. The third kappa shape index (κ3) is 2.51. The highest BCUT2D eigenvalue weighted by atomic mass is 35.5. The molecule has 5 nitrogen and oxygen atoms in total. The number of ether oxygens (including phenoxy) is 1. The third-order valence-electron chi connectivity index (χ3n) is 3.18. The SMILES string of the molecule is CC1OCCC1N(C)S(=O)(=O)c1ccnc(Cl)c1. The predicted octanol–water partition coefficient (Wildman–Crippen LogP) is 1.53. The maximum Gasteiger partial charge on any atom is 0.243 e. The van der Waals surface area contributed by atoms with Gasteiger partial charge in [-0.3, -0.25) is 0 Å². The summed E-state index contributed by atoms with van der Waals surface area (Å²) in [6.07, 6.45) is 2.00. The molecule has 0 saturated carbocycles. The molecule has 0 amide bonds. The molecule has 2 unspecified atom stereocenters. The molecule has 0 aliphatic carbocycles. The van der Waals surface area contributed by atoms with Crippen LogP contribution in [0, 0.1) is 0 Å². The van der Waals surface area contributed by atoms with E-state index in [0.717, 1.165) is 0 Å². The zero-order valence-electron chi connectivity index (χ0n) is 10.2. The van der Waals surface area contributed by atoms with Crippen molar-refractivity contribution in [3.05, 3.63) is 23.5 Å². The fourth-order valence-corrected chi connectivity index (χ4v) is 3.79. The Kier molecular flexibility index (Phi) is 3.91. The number of nitrogens with zero attached hydrogens (tertiary/aromatic N) is 2. The first kappa shape index (κ1) is 13.7. The monoisotopic (exact) mass is 290 g/mol. The van der Waals surface area contributed by atoms with Crippen LogP contribution < -0.4 is 0 Å². The second kappa shape index (κ2) is 5.13. The molecular weight excluding hydrogens is 276 g/mol. The van der Waals surface area contributed by atoms with Crippen molar-refractivity contribution in [2.45, 2.75) is 30.4 Å². The largest absolute Gasteiger partial charge is 0.377 e. The van der Waals surface area contributed by atoms with E-state index in [0.29, 0.717) is 13.0 Å². The van der Waals surface area contributed by atoms with Crippen LogP contribution in [0.25, 0.3) is 0 Å². The minimum atomic E-state index is -3.55. The first-order chi connectivity index (χ1) is 8.43. The first-order valence-electron chi connectivity index (χ1n) is 5.64. The normalized spacial score (nSPS) is 24.7. The molecule has 0 spiro atoms. The van der Waals surface area contributed by atoms with Gasteiger partial charge in [0.2, 0.25) is 10.0 Å². The Labute approximate surface area is 112 Å². The number of aromatic nitrogens is 1. The fraction of sp³-hybridized carbons (Fsp3) is 0.545. The lowest BCUT2D eigenvalue weighted by Crippen LogP contribution is -2.40. The van der Waals surface area contributed by atoms with Gasteiger partial charge in [-0.15, -0.1) is 0 Å². The van der Waals surface area contributed by atoms with Crippen LogP contribution in [0.2, 0.25) is 5.15 Å². The van der Waals surface area contributed by atoms with E-state index in [1.165, 1.54) is 22.6 Å². The summed E-state index contributed by atoms with van der Waals surface area (Å²) < 4.78 is 31.6. The number of hydrogen-bond donors (Lipinski definition) is 0. The summed E-state index contributed by atoms with van der Waals surface area (Å²) in [7, 11) is -1.98. The van der Waals surface area contributed by atoms with E-state index in [9.17, 15) is 8.42 Å². The van der Waals surface area contributed by atoms with E-state index >= 15 is 0 Å². The van der Waals surface area contributed by atoms with Crippen LogP contribution in [-0.2, 0) is 14.8 Å². The molecule has 0 N–H and O–H groups in total. The van der Waals surface area contributed by atoms with Crippen LogP contribution in [0.4, 0.5) is 0 Å². The number of halogens is 1. The highest BCUT2D eigenvalue weighted by molar-refractivity contribution is 7.89. The summed E-state index contributed by atoms with van der Waals surface area (Å²) in [5.74, 6) is 0. The molecule has 100 valence electrons. The summed E-state index contributed by atoms with van der Waals surface area (Å²) in [6, 6.07) is 2.66. The summed E-state index contributed by atoms with van der Waals surface area (Å²) in [6.45, 7) is 2.46. The number of sulfonamides is 1. The van der Waals surface area contributed by atoms with Gasteiger partial charge in [0.15, 0.2) is 0 Å². The summed E-state index contributed by atoms with van der Waals surface area (Å²) in [5, 5.41) is 0.167. The maximum atomic E-state index is 12.4. The highest BCUT2D eigenvalue weighted by Crippen LogP contribution is 2.25. The topological polar surface area (TPSA) is 59.5 Å². The lowest BCUT2D eigenvalue weighted by atomic mass is 10.2. The lowest BCUT2D eigenvalue weighted by molar-refractivity contribution is 0.102. The van der Waals surface area contributed by atoms with Gasteiger partial charge in [-0.05, 0) is 25.5 Å². The maximum absolute atomic E-state index is 12.4. The van der Waals surface area contributed by atoms with Gasteiger partial charge >= 0.3 is 0 Å². The molecule has 0 radical (unpaired) electrons. The summed E-state index contributed by atoms with van der Waals surface area (Å²) in [5.41, 5.74) is 0. The summed E-state index contributed by atoms with van der Waals surface area (Å²) in [4.78, 5) is 3.94. The van der Waals surface area contributed by atoms with Gasteiger partial charge < -0.3 is 4.74 Å². The van der Waals surface area contributed by atoms with Gasteiger partial charge in [-0.25, -0.2) is 13.4 Å². The Hall–Kier alpha value is -0.690. The zero-order valence-corrected chi connectivity index (χ0v) is 11.8. The predicted molar refractivity (Wildman–Crippen MR) is 68.0 cm³/mol. The van der Waals surface area contributed by atoms with Crippen LogP contribution >= 0.6 is 11.6 Å². The van der Waals surface area contributed by atoms with Gasteiger partial charge in [0, 0.05) is 19.9 Å². The van der Waals surface area contributed by atoms with Gasteiger partial charge in [0.05, 0.1) is 17.0 Å². The number of hydrogen-bond acceptors (Lipinski definition) is 4. The molecule has 2 atom stereocenters. The van der Waals surface area contributed by atoms with E-state index in [1.54, 1.807) is 7.05 Å².